The molecule has 72 valence electrons. The molecule has 0 atom stereocenters. The van der Waals surface area contributed by atoms with Crippen molar-refractivity contribution in [1.82, 2.24) is 4.90 Å². The Labute approximate surface area is 81.1 Å². The fraction of sp³-hybridized carbons (Fsp3) is 0.667. The predicted octanol–water partition coefficient (Wildman–Crippen LogP) is 3.09. The molecule has 0 aromatic heterocycles. The zero-order valence-corrected chi connectivity index (χ0v) is 8.50. The molecule has 0 spiro atoms. The van der Waals surface area contributed by atoms with E-state index in [4.69, 9.17) is 0 Å². The maximum atomic E-state index is 2.51. The summed E-state index contributed by atoms with van der Waals surface area (Å²) in [4.78, 5) is 2.51. The Morgan fingerprint density at radius 2 is 2.00 bits per heavy atom. The molecule has 0 radical (unpaired) electrons. The van der Waals surface area contributed by atoms with Gasteiger partial charge in [-0.1, -0.05) is 30.9 Å². The topological polar surface area (TPSA) is 3.24 Å². The smallest absolute Gasteiger partial charge is 0.0362 e. The van der Waals surface area contributed by atoms with Crippen LogP contribution in [0.4, 0.5) is 0 Å². The van der Waals surface area contributed by atoms with Crippen molar-refractivity contribution in [2.75, 3.05) is 6.54 Å². The average Bonchev–Trinajstić information content (AvgIpc) is 2.20. The van der Waals surface area contributed by atoms with Gasteiger partial charge in [-0.05, 0) is 32.0 Å². The van der Waals surface area contributed by atoms with Gasteiger partial charge >= 0.3 is 0 Å². The van der Waals surface area contributed by atoms with Gasteiger partial charge in [-0.25, -0.2) is 0 Å². The fourth-order valence-corrected chi connectivity index (χ4v) is 2.28. The van der Waals surface area contributed by atoms with Crippen molar-refractivity contribution in [3.05, 3.63) is 23.9 Å². The molecule has 2 aliphatic rings. The van der Waals surface area contributed by atoms with Gasteiger partial charge in [0.15, 0.2) is 0 Å². The Morgan fingerprint density at radius 1 is 1.23 bits per heavy atom. The highest BCUT2D eigenvalue weighted by atomic mass is 15.1. The van der Waals surface area contributed by atoms with Crippen molar-refractivity contribution < 1.29 is 0 Å². The van der Waals surface area contributed by atoms with E-state index in [-0.39, 0.29) is 0 Å². The molecule has 0 unspecified atom stereocenters. The summed E-state index contributed by atoms with van der Waals surface area (Å²) in [6.45, 7) is 3.31. The number of hydrogen-bond acceptors (Lipinski definition) is 1. The van der Waals surface area contributed by atoms with Crippen LogP contribution in [0.1, 0.15) is 39.0 Å². The SMILES string of the molecule is CC1=CCN(C2CCCCC2)C=C1. The first kappa shape index (κ1) is 8.86. The molecule has 1 nitrogen and oxygen atoms in total. The molecule has 0 amide bonds. The first-order chi connectivity index (χ1) is 6.36. The molecule has 2 rings (SSSR count). The zero-order valence-electron chi connectivity index (χ0n) is 8.50. The van der Waals surface area contributed by atoms with Crippen molar-refractivity contribution in [1.29, 1.82) is 0 Å². The summed E-state index contributed by atoms with van der Waals surface area (Å²) in [5, 5.41) is 0. The van der Waals surface area contributed by atoms with E-state index in [1.807, 2.05) is 0 Å². The Balaban J connectivity index is 1.91. The normalized spacial score (nSPS) is 24.7. The van der Waals surface area contributed by atoms with Crippen LogP contribution in [0.2, 0.25) is 0 Å². The van der Waals surface area contributed by atoms with Crippen LogP contribution in [-0.2, 0) is 0 Å². The molecule has 0 bridgehead atoms. The minimum Gasteiger partial charge on any atom is -0.371 e. The van der Waals surface area contributed by atoms with Gasteiger partial charge in [0.2, 0.25) is 0 Å². The van der Waals surface area contributed by atoms with Gasteiger partial charge in [-0.2, -0.15) is 0 Å². The molecule has 0 N–H and O–H groups in total. The number of allylic oxidation sites excluding steroid dienone is 2. The molecule has 0 aromatic rings. The number of hydrogen-bond donors (Lipinski definition) is 0. The molecule has 1 heteroatoms. The third-order valence-electron chi connectivity index (χ3n) is 3.20. The van der Waals surface area contributed by atoms with E-state index >= 15 is 0 Å². The van der Waals surface area contributed by atoms with Crippen LogP contribution < -0.4 is 0 Å². The summed E-state index contributed by atoms with van der Waals surface area (Å²) in [6.07, 6.45) is 13.9. The summed E-state index contributed by atoms with van der Waals surface area (Å²) in [5.74, 6) is 0. The molecule has 1 aliphatic carbocycles. The highest BCUT2D eigenvalue weighted by Crippen LogP contribution is 2.24. The maximum absolute atomic E-state index is 2.51. The van der Waals surface area contributed by atoms with Crippen LogP contribution in [0.25, 0.3) is 0 Å². The second kappa shape index (κ2) is 3.99. The second-order valence-corrected chi connectivity index (χ2v) is 4.25. The van der Waals surface area contributed by atoms with E-state index in [2.05, 4.69) is 30.2 Å². The lowest BCUT2D eigenvalue weighted by Crippen LogP contribution is -2.33. The molecule has 1 heterocycles. The van der Waals surface area contributed by atoms with Crippen LogP contribution in [0.5, 0.6) is 0 Å². The van der Waals surface area contributed by atoms with Gasteiger partial charge in [0.25, 0.3) is 0 Å². The maximum Gasteiger partial charge on any atom is 0.0362 e. The molecule has 13 heavy (non-hydrogen) atoms. The van der Waals surface area contributed by atoms with E-state index in [1.165, 1.54) is 37.7 Å². The third kappa shape index (κ3) is 2.15. The highest BCUT2D eigenvalue weighted by Gasteiger charge is 2.18. The molecular formula is C12H19N. The van der Waals surface area contributed by atoms with E-state index < -0.39 is 0 Å². The summed E-state index contributed by atoms with van der Waals surface area (Å²) in [5.41, 5.74) is 1.41. The van der Waals surface area contributed by atoms with Crippen molar-refractivity contribution >= 4 is 0 Å². The standard InChI is InChI=1S/C12H19N/c1-11-7-9-13(10-8-11)12-5-3-2-4-6-12/h7-9,12H,2-6,10H2,1H3. The third-order valence-corrected chi connectivity index (χ3v) is 3.20. The van der Waals surface area contributed by atoms with Crippen LogP contribution in [0, 0.1) is 0 Å². The van der Waals surface area contributed by atoms with E-state index in [0.717, 1.165) is 12.6 Å². The minimum atomic E-state index is 0.828. The van der Waals surface area contributed by atoms with Gasteiger partial charge in [0.05, 0.1) is 0 Å². The lowest BCUT2D eigenvalue weighted by molar-refractivity contribution is 0.233. The Hall–Kier alpha value is -0.720. The Bertz CT molecular complexity index is 221. The predicted molar refractivity (Wildman–Crippen MR) is 56.5 cm³/mol. The van der Waals surface area contributed by atoms with Crippen molar-refractivity contribution in [2.45, 2.75) is 45.1 Å². The lowest BCUT2D eigenvalue weighted by atomic mass is 9.94. The lowest BCUT2D eigenvalue weighted by Gasteiger charge is -2.34. The highest BCUT2D eigenvalue weighted by molar-refractivity contribution is 5.20. The van der Waals surface area contributed by atoms with Gasteiger partial charge in [-0.3, -0.25) is 0 Å². The molecule has 1 fully saturated rings. The summed E-state index contributed by atoms with van der Waals surface area (Å²) in [7, 11) is 0. The summed E-state index contributed by atoms with van der Waals surface area (Å²) < 4.78 is 0. The van der Waals surface area contributed by atoms with Crippen LogP contribution in [0.3, 0.4) is 0 Å². The van der Waals surface area contributed by atoms with Crippen molar-refractivity contribution in [3.8, 4) is 0 Å². The van der Waals surface area contributed by atoms with Gasteiger partial charge < -0.3 is 4.90 Å². The largest absolute Gasteiger partial charge is 0.371 e. The van der Waals surface area contributed by atoms with E-state index in [1.54, 1.807) is 0 Å². The van der Waals surface area contributed by atoms with Crippen LogP contribution >= 0.6 is 0 Å². The number of rotatable bonds is 1. The molecule has 1 aliphatic heterocycles. The Kier molecular flexibility index (Phi) is 2.72. The van der Waals surface area contributed by atoms with Gasteiger partial charge in [0.1, 0.15) is 0 Å². The quantitative estimate of drug-likeness (QED) is 0.595. The van der Waals surface area contributed by atoms with Crippen LogP contribution in [0.15, 0.2) is 23.9 Å². The molecular weight excluding hydrogens is 158 g/mol. The average molecular weight is 177 g/mol. The summed E-state index contributed by atoms with van der Waals surface area (Å²) in [6, 6.07) is 0.828. The first-order valence-electron chi connectivity index (χ1n) is 5.47. The fourth-order valence-electron chi connectivity index (χ4n) is 2.28. The van der Waals surface area contributed by atoms with Gasteiger partial charge in [0, 0.05) is 12.6 Å². The van der Waals surface area contributed by atoms with E-state index in [9.17, 15) is 0 Å². The molecule has 0 saturated heterocycles. The van der Waals surface area contributed by atoms with Crippen LogP contribution in [-0.4, -0.2) is 17.5 Å². The number of nitrogens with zero attached hydrogens (tertiary/aromatic N) is 1. The molecule has 0 aromatic carbocycles. The summed E-state index contributed by atoms with van der Waals surface area (Å²) >= 11 is 0. The van der Waals surface area contributed by atoms with E-state index in [0.29, 0.717) is 0 Å². The molecule has 1 saturated carbocycles. The second-order valence-electron chi connectivity index (χ2n) is 4.25. The Morgan fingerprint density at radius 3 is 2.62 bits per heavy atom. The minimum absolute atomic E-state index is 0.828. The monoisotopic (exact) mass is 177 g/mol. The van der Waals surface area contributed by atoms with Crippen molar-refractivity contribution in [2.24, 2.45) is 0 Å². The van der Waals surface area contributed by atoms with Crippen molar-refractivity contribution in [3.63, 3.8) is 0 Å². The van der Waals surface area contributed by atoms with Gasteiger partial charge in [-0.15, -0.1) is 0 Å². The first-order valence-corrected chi connectivity index (χ1v) is 5.47. The zero-order chi connectivity index (χ0) is 9.10.